The van der Waals surface area contributed by atoms with Crippen molar-refractivity contribution >= 4 is 5.71 Å². The Hall–Kier alpha value is -1.51. The molecule has 0 aliphatic carbocycles. The van der Waals surface area contributed by atoms with Crippen LogP contribution < -0.4 is 0 Å². The van der Waals surface area contributed by atoms with Gasteiger partial charge in [0.15, 0.2) is 0 Å². The summed E-state index contributed by atoms with van der Waals surface area (Å²) in [5.41, 5.74) is 2.62. The third kappa shape index (κ3) is 7.16. The smallest absolute Gasteiger partial charge is 0.119 e. The fraction of sp³-hybridized carbons (Fsp3) is 0.611. The number of phenols is 1. The van der Waals surface area contributed by atoms with Crippen LogP contribution in [0, 0.1) is 6.92 Å². The molecule has 0 spiro atoms. The summed E-state index contributed by atoms with van der Waals surface area (Å²) in [6.45, 7) is 4.17. The van der Waals surface area contributed by atoms with Crippen molar-refractivity contribution in [1.82, 2.24) is 0 Å². The van der Waals surface area contributed by atoms with Crippen LogP contribution >= 0.6 is 0 Å². The average Bonchev–Trinajstić information content (AvgIpc) is 2.47. The van der Waals surface area contributed by atoms with E-state index in [1.165, 1.54) is 38.5 Å². The number of rotatable bonds is 10. The summed E-state index contributed by atoms with van der Waals surface area (Å²) in [6, 6.07) is 5.62. The van der Waals surface area contributed by atoms with Gasteiger partial charge < -0.3 is 10.3 Å². The number of nitrogens with zero attached hydrogens (tertiary/aromatic N) is 1. The van der Waals surface area contributed by atoms with Crippen molar-refractivity contribution in [2.75, 3.05) is 0 Å². The molecule has 0 fully saturated rings. The molecule has 0 radical (unpaired) electrons. The largest absolute Gasteiger partial charge is 0.508 e. The van der Waals surface area contributed by atoms with E-state index in [4.69, 9.17) is 5.21 Å². The Morgan fingerprint density at radius 3 is 2.33 bits per heavy atom. The Morgan fingerprint density at radius 1 is 1.05 bits per heavy atom. The van der Waals surface area contributed by atoms with Crippen LogP contribution in [0.3, 0.4) is 0 Å². The van der Waals surface area contributed by atoms with Gasteiger partial charge in [0.1, 0.15) is 5.75 Å². The number of oxime groups is 1. The molecule has 0 heterocycles. The molecule has 2 N–H and O–H groups in total. The van der Waals surface area contributed by atoms with Crippen molar-refractivity contribution in [1.29, 1.82) is 0 Å². The molecule has 0 unspecified atom stereocenters. The van der Waals surface area contributed by atoms with Crippen molar-refractivity contribution in [2.45, 2.75) is 71.6 Å². The summed E-state index contributed by atoms with van der Waals surface area (Å²) in [5.74, 6) is 0.288. The Morgan fingerprint density at radius 2 is 1.71 bits per heavy atom. The SMILES string of the molecule is CCCCCCCCC/C(Cc1ccc(C)cc1O)=N\O. The van der Waals surface area contributed by atoms with Crippen LogP contribution in [0.15, 0.2) is 23.4 Å². The molecule has 0 atom stereocenters. The summed E-state index contributed by atoms with van der Waals surface area (Å²) >= 11 is 0. The Balaban J connectivity index is 2.29. The van der Waals surface area contributed by atoms with E-state index in [-0.39, 0.29) is 5.75 Å². The van der Waals surface area contributed by atoms with Crippen LogP contribution in [0.5, 0.6) is 5.75 Å². The van der Waals surface area contributed by atoms with Crippen molar-refractivity contribution in [2.24, 2.45) is 5.16 Å². The molecular weight excluding hydrogens is 262 g/mol. The zero-order valence-electron chi connectivity index (χ0n) is 13.4. The molecule has 0 bridgehead atoms. The highest BCUT2D eigenvalue weighted by atomic mass is 16.4. The van der Waals surface area contributed by atoms with Crippen LogP contribution in [-0.2, 0) is 6.42 Å². The van der Waals surface area contributed by atoms with Gasteiger partial charge >= 0.3 is 0 Å². The summed E-state index contributed by atoms with van der Waals surface area (Å²) in [6.07, 6.45) is 10.1. The van der Waals surface area contributed by atoms with Gasteiger partial charge in [-0.2, -0.15) is 0 Å². The van der Waals surface area contributed by atoms with E-state index in [1.807, 2.05) is 19.1 Å². The lowest BCUT2D eigenvalue weighted by atomic mass is 10.0. The fourth-order valence-corrected chi connectivity index (χ4v) is 2.50. The summed E-state index contributed by atoms with van der Waals surface area (Å²) in [5, 5.41) is 22.4. The lowest BCUT2D eigenvalue weighted by molar-refractivity contribution is 0.316. The molecule has 21 heavy (non-hydrogen) atoms. The second-order valence-electron chi connectivity index (χ2n) is 5.85. The first-order chi connectivity index (χ1) is 10.2. The molecular formula is C18H29NO2. The molecule has 1 rings (SSSR count). The Labute approximate surface area is 128 Å². The minimum Gasteiger partial charge on any atom is -0.508 e. The lowest BCUT2D eigenvalue weighted by Gasteiger charge is -2.07. The fourth-order valence-electron chi connectivity index (χ4n) is 2.50. The maximum Gasteiger partial charge on any atom is 0.119 e. The zero-order chi connectivity index (χ0) is 15.5. The maximum absolute atomic E-state index is 9.89. The normalized spacial score (nSPS) is 11.8. The maximum atomic E-state index is 9.89. The molecule has 0 saturated heterocycles. The van der Waals surface area contributed by atoms with Crippen LogP contribution in [0.1, 0.15) is 69.4 Å². The summed E-state index contributed by atoms with van der Waals surface area (Å²) in [7, 11) is 0. The first-order valence-corrected chi connectivity index (χ1v) is 8.15. The highest BCUT2D eigenvalue weighted by Crippen LogP contribution is 2.20. The number of aryl methyl sites for hydroxylation is 1. The van der Waals surface area contributed by atoms with Crippen molar-refractivity contribution in [3.63, 3.8) is 0 Å². The molecule has 3 nitrogen and oxygen atoms in total. The van der Waals surface area contributed by atoms with E-state index in [1.54, 1.807) is 6.07 Å². The van der Waals surface area contributed by atoms with E-state index in [9.17, 15) is 5.11 Å². The van der Waals surface area contributed by atoms with Crippen LogP contribution in [-0.4, -0.2) is 16.0 Å². The first-order valence-electron chi connectivity index (χ1n) is 8.15. The second kappa shape index (κ2) is 10.3. The van der Waals surface area contributed by atoms with Gasteiger partial charge in [-0.1, -0.05) is 62.7 Å². The van der Waals surface area contributed by atoms with E-state index in [0.29, 0.717) is 6.42 Å². The van der Waals surface area contributed by atoms with Crippen LogP contribution in [0.2, 0.25) is 0 Å². The minimum atomic E-state index is 0.288. The Kier molecular flexibility index (Phi) is 8.56. The highest BCUT2D eigenvalue weighted by molar-refractivity contribution is 5.86. The van der Waals surface area contributed by atoms with E-state index < -0.39 is 0 Å². The number of benzene rings is 1. The number of hydrogen-bond donors (Lipinski definition) is 2. The van der Waals surface area contributed by atoms with Gasteiger partial charge in [0.2, 0.25) is 0 Å². The molecule has 0 amide bonds. The van der Waals surface area contributed by atoms with Gasteiger partial charge in [0.25, 0.3) is 0 Å². The third-order valence-electron chi connectivity index (χ3n) is 3.85. The van der Waals surface area contributed by atoms with Gasteiger partial charge in [-0.25, -0.2) is 0 Å². The zero-order valence-corrected chi connectivity index (χ0v) is 13.4. The van der Waals surface area contributed by atoms with E-state index in [2.05, 4.69) is 12.1 Å². The van der Waals surface area contributed by atoms with Gasteiger partial charge in [-0.15, -0.1) is 0 Å². The van der Waals surface area contributed by atoms with Crippen LogP contribution in [0.25, 0.3) is 0 Å². The minimum absolute atomic E-state index is 0.288. The molecule has 1 aromatic rings. The van der Waals surface area contributed by atoms with E-state index >= 15 is 0 Å². The predicted octanol–water partition coefficient (Wildman–Crippen LogP) is 5.21. The lowest BCUT2D eigenvalue weighted by Crippen LogP contribution is -2.04. The number of unbranched alkanes of at least 4 members (excludes halogenated alkanes) is 6. The number of aromatic hydroxyl groups is 1. The molecule has 3 heteroatoms. The molecule has 0 saturated carbocycles. The standard InChI is InChI=1S/C18H29NO2/c1-3-4-5-6-7-8-9-10-17(19-21)14-16-12-11-15(2)13-18(16)20/h11-13,20-21H,3-10,14H2,1-2H3/b19-17+. The third-order valence-corrected chi connectivity index (χ3v) is 3.85. The molecule has 1 aromatic carbocycles. The van der Waals surface area contributed by atoms with Gasteiger partial charge in [0, 0.05) is 6.42 Å². The average molecular weight is 291 g/mol. The quantitative estimate of drug-likeness (QED) is 0.269. The van der Waals surface area contributed by atoms with Crippen molar-refractivity contribution < 1.29 is 10.3 Å². The molecule has 118 valence electrons. The van der Waals surface area contributed by atoms with Crippen molar-refractivity contribution in [3.05, 3.63) is 29.3 Å². The van der Waals surface area contributed by atoms with Crippen LogP contribution in [0.4, 0.5) is 0 Å². The second-order valence-corrected chi connectivity index (χ2v) is 5.85. The molecule has 0 aliphatic rings. The van der Waals surface area contributed by atoms with Gasteiger partial charge in [0.05, 0.1) is 5.71 Å². The first kappa shape index (κ1) is 17.5. The van der Waals surface area contributed by atoms with Gasteiger partial charge in [-0.3, -0.25) is 0 Å². The van der Waals surface area contributed by atoms with Crippen molar-refractivity contribution in [3.8, 4) is 5.75 Å². The summed E-state index contributed by atoms with van der Waals surface area (Å²) < 4.78 is 0. The highest BCUT2D eigenvalue weighted by Gasteiger charge is 2.07. The Bertz CT molecular complexity index is 441. The molecule has 0 aromatic heterocycles. The summed E-state index contributed by atoms with van der Waals surface area (Å²) in [4.78, 5) is 0. The topological polar surface area (TPSA) is 52.8 Å². The monoisotopic (exact) mass is 291 g/mol. The van der Waals surface area contributed by atoms with E-state index in [0.717, 1.165) is 29.7 Å². The number of hydrogen-bond acceptors (Lipinski definition) is 3. The van der Waals surface area contributed by atoms with Gasteiger partial charge in [-0.05, 0) is 37.0 Å². The predicted molar refractivity (Wildman–Crippen MR) is 88.4 cm³/mol. The number of phenolic OH excluding ortho intramolecular Hbond substituents is 1. The molecule has 0 aliphatic heterocycles.